The van der Waals surface area contributed by atoms with Crippen LogP contribution in [0, 0.1) is 0 Å². The van der Waals surface area contributed by atoms with E-state index in [9.17, 15) is 97.0 Å². The highest BCUT2D eigenvalue weighted by atomic mass is 16.5. The van der Waals surface area contributed by atoms with Crippen molar-refractivity contribution < 1.29 is 121 Å². The lowest BCUT2D eigenvalue weighted by Crippen LogP contribution is -1.97. The van der Waals surface area contributed by atoms with Crippen molar-refractivity contribution in [1.82, 2.24) is 0 Å². The highest BCUT2D eigenvalue weighted by Gasteiger charge is 2.18. The van der Waals surface area contributed by atoms with Crippen LogP contribution in [0.15, 0.2) is 270 Å². The van der Waals surface area contributed by atoms with Crippen LogP contribution in [0.25, 0.3) is 72.9 Å². The van der Waals surface area contributed by atoms with Crippen LogP contribution in [0.3, 0.4) is 0 Å². The lowest BCUT2D eigenvalue weighted by Gasteiger charge is -2.14. The fourth-order valence-electron chi connectivity index (χ4n) is 13.8. The van der Waals surface area contributed by atoms with Gasteiger partial charge in [0.15, 0.2) is 69.0 Å². The van der Waals surface area contributed by atoms with Gasteiger partial charge in [-0.25, -0.2) is 0 Å². The van der Waals surface area contributed by atoms with E-state index in [0.29, 0.717) is 124 Å². The van der Waals surface area contributed by atoms with Gasteiger partial charge < -0.3 is 121 Å². The van der Waals surface area contributed by atoms with Gasteiger partial charge in [-0.05, 0) is 353 Å². The van der Waals surface area contributed by atoms with Gasteiger partial charge in [0.2, 0.25) is 0 Å². The van der Waals surface area contributed by atoms with Crippen LogP contribution in [-0.2, 0) is 38.7 Å². The van der Waals surface area contributed by atoms with Gasteiger partial charge in [0.05, 0.1) is 27.9 Å². The van der Waals surface area contributed by atoms with Crippen molar-refractivity contribution in [3.8, 4) is 132 Å². The minimum absolute atomic E-state index is 0.0170. The van der Waals surface area contributed by atoms with Crippen molar-refractivity contribution >= 4 is 72.9 Å². The van der Waals surface area contributed by atoms with E-state index in [2.05, 4.69) is 6.08 Å². The molecule has 12 rings (SSSR count). The molecule has 12 aromatic carbocycles. The second-order valence-corrected chi connectivity index (χ2v) is 35.9. The third-order valence-electron chi connectivity index (χ3n) is 21.8. The standard InChI is InChI=1S/C24H28O4.C21H24O4.2C20H22O4.2C19H20O4/c1-15(2)5-10-19-18(9-7-17-8-12-21(25)23(27)13-17)14-22(26)20(24(19)28)11-6-16(3)4;1-14(2)4-8-19-16(11-18(23)12-17(19)13-22)7-5-15-6-9-20(24)21(10-15)25-3;1-13(2)4-8-16-18(22)10-15(11-19(16)23)6-5-14-7-9-17(21)20(12-14)24-3;1-14(2)8-9-24-18-11-16(10-17(21)13-18)5-4-15-6-7-19(22)20(12-15)23-3;1-12(2)3-7-16-14(10-15(20)11-18(16)22)6-4-13-5-8-17(21)19(23)9-13;1-13(2)7-8-23-17-10-15(9-16(20)12-17)4-3-14-5-6-18(21)19(22)11-14/h5-9,12-14,25-28H,10-11H2,1-4H3;4-7,9-12,22-24H,8,13H2,1-3H3;4-7,9-12,21-23H,8H2,1-3H3;4-8,10-13,21-22H,9H2,1-3H3;3-6,8-11,20-23H,7H2,1-2H3;3-7,9-12,20-22H,8H2,1-2H3/b9-7+;7-5+;6-5+;5-4+;6-4+;4-3+. The fraction of sp³-hybridized carbons (Fsp3) is 0.203. The van der Waals surface area contributed by atoms with E-state index in [1.807, 2.05) is 176 Å². The Morgan fingerprint density at radius 1 is 0.211 bits per heavy atom. The number of phenols is 18. The number of phenolic OH excluding ortho intramolecular Hbond substituents is 18. The lowest BCUT2D eigenvalue weighted by molar-refractivity contribution is 0.280. The third kappa shape index (κ3) is 39.8. The summed E-state index contributed by atoms with van der Waals surface area (Å²) in [5, 5.41) is 186. The topological polar surface area (TPSA) is 431 Å². The monoisotopic (exact) mass is 2000 g/mol. The van der Waals surface area contributed by atoms with Crippen LogP contribution in [0.5, 0.6) is 132 Å². The molecule has 0 aliphatic heterocycles. The van der Waals surface area contributed by atoms with Gasteiger partial charge in [-0.1, -0.05) is 179 Å². The molecule has 0 aromatic heterocycles. The van der Waals surface area contributed by atoms with Gasteiger partial charge in [-0.15, -0.1) is 0 Å². The number of ether oxygens (including phenoxy) is 5. The minimum Gasteiger partial charge on any atom is -0.508 e. The SMILES string of the molecule is CC(C)=CCOc1cc(O)cc(/C=C/c2ccc(O)c(O)c2)c1.CC(C)=CCc1c(O)cc(/C=C/c2ccc(O)c(O)c2)c(CC=C(C)C)c1O.CC(C)=CCc1c(O)cc(O)cc1/C=C/c1ccc(O)c(O)c1.COc1cc(/C=C/c2cc(O)c(CC=C(C)C)c(O)c2)ccc1O.COc1cc(/C=C/c2cc(O)cc(CO)c2CC=C(C)C)ccc1O.COc1cc(/C=C/c2cc(O)cc(OCC=C(C)C)c2)ccc1O. The second kappa shape index (κ2) is 58.3. The average Bonchev–Trinajstić information content (AvgIpc) is 0.601. The molecule has 0 fully saturated rings. The molecule has 0 aliphatic carbocycles. The van der Waals surface area contributed by atoms with Crippen molar-refractivity contribution in [3.63, 3.8) is 0 Å². The first-order valence-electron chi connectivity index (χ1n) is 47.1. The molecule has 0 saturated heterocycles. The summed E-state index contributed by atoms with van der Waals surface area (Å²) in [4.78, 5) is 0. The van der Waals surface area contributed by atoms with E-state index in [4.69, 9.17) is 23.7 Å². The molecule has 19 N–H and O–H groups in total. The van der Waals surface area contributed by atoms with Crippen LogP contribution in [0.2, 0.25) is 0 Å². The Morgan fingerprint density at radius 2 is 0.469 bits per heavy atom. The number of methoxy groups -OCH3 is 3. The molecular weight excluding hydrogens is 1860 g/mol. The van der Waals surface area contributed by atoms with Gasteiger partial charge in [0.25, 0.3) is 0 Å². The molecule has 0 bridgehead atoms. The number of benzene rings is 12. The number of aliphatic hydroxyl groups excluding tert-OH is 1. The van der Waals surface area contributed by atoms with Gasteiger partial charge in [-0.3, -0.25) is 0 Å². The van der Waals surface area contributed by atoms with Gasteiger partial charge in [0.1, 0.15) is 76.5 Å². The Kier molecular flexibility index (Phi) is 46.2. The van der Waals surface area contributed by atoms with Gasteiger partial charge >= 0.3 is 0 Å². The molecule has 12 aromatic rings. The average molecular weight is 2000 g/mol. The smallest absolute Gasteiger partial charge is 0.161 e. The first kappa shape index (κ1) is 117. The number of aromatic hydroxyl groups is 18. The van der Waals surface area contributed by atoms with Crippen molar-refractivity contribution in [2.24, 2.45) is 0 Å². The van der Waals surface area contributed by atoms with E-state index < -0.39 is 0 Å². The van der Waals surface area contributed by atoms with E-state index in [1.54, 1.807) is 176 Å². The Labute approximate surface area is 860 Å². The lowest BCUT2D eigenvalue weighted by atomic mass is 9.95. The summed E-state index contributed by atoms with van der Waals surface area (Å²) in [5.74, 6) is 2.25. The molecule has 0 radical (unpaired) electrons. The molecule has 24 heteroatoms. The van der Waals surface area contributed by atoms with Crippen molar-refractivity contribution in [2.75, 3.05) is 34.5 Å². The number of rotatable bonds is 32. The molecule has 0 aliphatic rings. The van der Waals surface area contributed by atoms with Gasteiger partial charge in [-0.2, -0.15) is 0 Å². The van der Waals surface area contributed by atoms with Crippen molar-refractivity contribution in [1.29, 1.82) is 0 Å². The maximum atomic E-state index is 10.8. The maximum Gasteiger partial charge on any atom is 0.161 e. The normalized spacial score (nSPS) is 10.8. The van der Waals surface area contributed by atoms with Crippen LogP contribution in [-0.4, -0.2) is 132 Å². The van der Waals surface area contributed by atoms with Gasteiger partial charge in [0, 0.05) is 40.5 Å². The predicted octanol–water partition coefficient (Wildman–Crippen LogP) is 27.6. The Balaban J connectivity index is 0.000000239. The first-order chi connectivity index (χ1) is 69.8. The Bertz CT molecular complexity index is 6890. The number of allylic oxidation sites excluding steroid dienone is 12. The molecule has 147 heavy (non-hydrogen) atoms. The molecule has 0 unspecified atom stereocenters. The highest BCUT2D eigenvalue weighted by molar-refractivity contribution is 5.80. The van der Waals surface area contributed by atoms with E-state index in [1.165, 1.54) is 74.9 Å². The first-order valence-corrected chi connectivity index (χ1v) is 47.1. The summed E-state index contributed by atoms with van der Waals surface area (Å²) in [6.45, 7) is 28.7. The predicted molar refractivity (Wildman–Crippen MR) is 592 cm³/mol. The van der Waals surface area contributed by atoms with E-state index in [0.717, 1.165) is 77.9 Å². The Morgan fingerprint density at radius 3 is 0.810 bits per heavy atom. The molecule has 0 saturated carbocycles. The fourth-order valence-corrected chi connectivity index (χ4v) is 13.8. The minimum atomic E-state index is -0.199. The summed E-state index contributed by atoms with van der Waals surface area (Å²) < 4.78 is 26.5. The summed E-state index contributed by atoms with van der Waals surface area (Å²) in [5.41, 5.74) is 21.4. The van der Waals surface area contributed by atoms with Crippen LogP contribution in [0.1, 0.15) is 197 Å². The number of hydrogen-bond acceptors (Lipinski definition) is 24. The molecule has 0 amide bonds. The third-order valence-corrected chi connectivity index (χ3v) is 21.8. The maximum absolute atomic E-state index is 10.8. The van der Waals surface area contributed by atoms with Crippen LogP contribution in [0.4, 0.5) is 0 Å². The number of aliphatic hydroxyl groups is 1. The summed E-state index contributed by atoms with van der Waals surface area (Å²) in [7, 11) is 4.50. The highest BCUT2D eigenvalue weighted by Crippen LogP contribution is 2.41. The van der Waals surface area contributed by atoms with Crippen LogP contribution >= 0.6 is 0 Å². The molecule has 0 spiro atoms. The summed E-state index contributed by atoms with van der Waals surface area (Å²) >= 11 is 0. The van der Waals surface area contributed by atoms with Crippen molar-refractivity contribution in [3.05, 3.63) is 370 Å². The molecular formula is C123H136O24. The molecule has 24 nitrogen and oxygen atoms in total. The molecule has 0 atom stereocenters. The van der Waals surface area contributed by atoms with Crippen molar-refractivity contribution in [2.45, 2.75) is 136 Å². The zero-order chi connectivity index (χ0) is 108. The summed E-state index contributed by atoms with van der Waals surface area (Å²) in [6, 6.07) is 49.9. The summed E-state index contributed by atoms with van der Waals surface area (Å²) in [6.07, 6.45) is 38.3. The molecule has 772 valence electrons. The second-order valence-electron chi connectivity index (χ2n) is 35.9. The largest absolute Gasteiger partial charge is 0.508 e. The number of hydrogen-bond donors (Lipinski definition) is 19. The van der Waals surface area contributed by atoms with E-state index >= 15 is 0 Å². The molecule has 0 heterocycles. The zero-order valence-corrected chi connectivity index (χ0v) is 86.1. The van der Waals surface area contributed by atoms with Crippen LogP contribution < -0.4 is 23.7 Å². The van der Waals surface area contributed by atoms with E-state index in [-0.39, 0.29) is 110 Å². The quantitative estimate of drug-likeness (QED) is 0.0106. The Hall–Kier alpha value is -17.4. The zero-order valence-electron chi connectivity index (χ0n) is 86.1.